The molecule has 0 atom stereocenters. The van der Waals surface area contributed by atoms with Gasteiger partial charge in [0.25, 0.3) is 0 Å². The highest BCUT2D eigenvalue weighted by molar-refractivity contribution is 5.98. The Balaban J connectivity index is 2.25. The van der Waals surface area contributed by atoms with Gasteiger partial charge < -0.3 is 0 Å². The third-order valence-electron chi connectivity index (χ3n) is 3.64. The normalized spacial score (nSPS) is 18.5. The molecule has 1 fully saturated rings. The number of aromatic nitrogens is 2. The molecule has 0 aromatic carbocycles. The van der Waals surface area contributed by atoms with Crippen molar-refractivity contribution in [3.8, 4) is 0 Å². The van der Waals surface area contributed by atoms with Gasteiger partial charge in [-0.25, -0.2) is 4.98 Å². The summed E-state index contributed by atoms with van der Waals surface area (Å²) in [5, 5.41) is 0. The molecular weight excluding hydrogens is 212 g/mol. The number of carbonyl (C=O) groups excluding carboxylic acids is 1. The Bertz CT molecular complexity index is 380. The van der Waals surface area contributed by atoms with Crippen molar-refractivity contribution >= 4 is 5.78 Å². The van der Waals surface area contributed by atoms with E-state index in [1.54, 1.807) is 18.6 Å². The van der Waals surface area contributed by atoms with Crippen molar-refractivity contribution in [2.24, 2.45) is 11.3 Å². The first kappa shape index (κ1) is 12.2. The van der Waals surface area contributed by atoms with E-state index >= 15 is 0 Å². The zero-order valence-corrected chi connectivity index (χ0v) is 10.6. The Kier molecular flexibility index (Phi) is 3.55. The van der Waals surface area contributed by atoms with Gasteiger partial charge in [0, 0.05) is 17.8 Å². The predicted octanol–water partition coefficient (Wildman–Crippen LogP) is 3.27. The lowest BCUT2D eigenvalue weighted by atomic mass is 9.74. The van der Waals surface area contributed by atoms with E-state index in [2.05, 4.69) is 23.8 Å². The van der Waals surface area contributed by atoms with E-state index in [0.29, 0.717) is 11.6 Å². The van der Waals surface area contributed by atoms with Gasteiger partial charge in [-0.15, -0.1) is 0 Å². The summed E-state index contributed by atoms with van der Waals surface area (Å²) in [5.74, 6) is 0.755. The molecule has 1 saturated carbocycles. The van der Waals surface area contributed by atoms with Crippen LogP contribution in [0.2, 0.25) is 0 Å². The first-order chi connectivity index (χ1) is 8.14. The summed E-state index contributed by atoms with van der Waals surface area (Å²) in [6.45, 7) is 4.37. The molecule has 0 unspecified atom stereocenters. The van der Waals surface area contributed by atoms with E-state index in [-0.39, 0.29) is 11.2 Å². The van der Waals surface area contributed by atoms with E-state index in [4.69, 9.17) is 0 Å². The van der Waals surface area contributed by atoms with Crippen LogP contribution in [-0.2, 0) is 0 Å². The monoisotopic (exact) mass is 232 g/mol. The molecule has 2 rings (SSSR count). The van der Waals surface area contributed by atoms with Gasteiger partial charge in [0.15, 0.2) is 5.78 Å². The number of carbonyl (C=O) groups is 1. The first-order valence-corrected chi connectivity index (χ1v) is 6.45. The van der Waals surface area contributed by atoms with Crippen molar-refractivity contribution in [3.63, 3.8) is 0 Å². The molecule has 1 aromatic rings. The topological polar surface area (TPSA) is 42.9 Å². The Morgan fingerprint density at radius 1 is 1.35 bits per heavy atom. The van der Waals surface area contributed by atoms with Gasteiger partial charge in [-0.1, -0.05) is 26.7 Å². The smallest absolute Gasteiger partial charge is 0.188 e. The van der Waals surface area contributed by atoms with Gasteiger partial charge in [-0.05, 0) is 25.2 Å². The van der Waals surface area contributed by atoms with Gasteiger partial charge in [-0.2, -0.15) is 0 Å². The fraction of sp³-hybridized carbons (Fsp3) is 0.643. The van der Waals surface area contributed by atoms with Crippen LogP contribution in [-0.4, -0.2) is 15.8 Å². The highest BCUT2D eigenvalue weighted by Gasteiger charge is 2.42. The Hall–Kier alpha value is -1.25. The number of hydrogen-bond acceptors (Lipinski definition) is 3. The van der Waals surface area contributed by atoms with E-state index < -0.39 is 0 Å². The quantitative estimate of drug-likeness (QED) is 0.748. The van der Waals surface area contributed by atoms with Crippen LogP contribution in [0.1, 0.15) is 56.4 Å². The molecular formula is C14H20N2O. The summed E-state index contributed by atoms with van der Waals surface area (Å²) in [6.07, 6.45) is 10.1. The maximum absolute atomic E-state index is 12.6. The van der Waals surface area contributed by atoms with Crippen LogP contribution in [0.5, 0.6) is 0 Å². The highest BCUT2D eigenvalue weighted by Crippen LogP contribution is 2.45. The van der Waals surface area contributed by atoms with Crippen LogP contribution in [0.3, 0.4) is 0 Å². The van der Waals surface area contributed by atoms with Gasteiger partial charge in [0.2, 0.25) is 0 Å². The Labute approximate surface area is 103 Å². The zero-order chi connectivity index (χ0) is 12.3. The third-order valence-corrected chi connectivity index (χ3v) is 3.64. The van der Waals surface area contributed by atoms with Crippen molar-refractivity contribution < 1.29 is 4.79 Å². The molecule has 92 valence electrons. The van der Waals surface area contributed by atoms with E-state index in [9.17, 15) is 4.79 Å². The molecule has 0 aliphatic heterocycles. The van der Waals surface area contributed by atoms with Crippen LogP contribution >= 0.6 is 0 Å². The van der Waals surface area contributed by atoms with Crippen molar-refractivity contribution in [2.45, 2.75) is 46.0 Å². The maximum Gasteiger partial charge on any atom is 0.188 e. The summed E-state index contributed by atoms with van der Waals surface area (Å²) >= 11 is 0. The van der Waals surface area contributed by atoms with Crippen LogP contribution in [0, 0.1) is 11.3 Å². The second kappa shape index (κ2) is 4.94. The van der Waals surface area contributed by atoms with Crippen molar-refractivity contribution in [3.05, 3.63) is 24.3 Å². The lowest BCUT2D eigenvalue weighted by Gasteiger charge is -2.28. The maximum atomic E-state index is 12.6. The summed E-state index contributed by atoms with van der Waals surface area (Å²) in [7, 11) is 0. The molecule has 1 heterocycles. The van der Waals surface area contributed by atoms with Crippen LogP contribution in [0.4, 0.5) is 0 Å². The fourth-order valence-corrected chi connectivity index (χ4v) is 3.05. The molecule has 0 saturated heterocycles. The van der Waals surface area contributed by atoms with Crippen LogP contribution in [0.25, 0.3) is 0 Å². The lowest BCUT2D eigenvalue weighted by Crippen LogP contribution is -2.30. The molecule has 0 N–H and O–H groups in total. The Morgan fingerprint density at radius 2 is 2.06 bits per heavy atom. The number of rotatable bonds is 4. The second-order valence-corrected chi connectivity index (χ2v) is 5.51. The van der Waals surface area contributed by atoms with Crippen molar-refractivity contribution in [1.82, 2.24) is 9.97 Å². The van der Waals surface area contributed by atoms with E-state index in [1.165, 1.54) is 12.8 Å². The molecule has 1 aliphatic carbocycles. The minimum Gasteiger partial charge on any atom is -0.292 e. The fourth-order valence-electron chi connectivity index (χ4n) is 3.05. The summed E-state index contributed by atoms with van der Waals surface area (Å²) < 4.78 is 0. The number of nitrogens with zero attached hydrogens (tertiary/aromatic N) is 2. The summed E-state index contributed by atoms with van der Waals surface area (Å²) in [5.41, 5.74) is 0.375. The molecule has 3 nitrogen and oxygen atoms in total. The first-order valence-electron chi connectivity index (χ1n) is 6.45. The molecule has 0 spiro atoms. The standard InChI is InChI=1S/C14H20N2O/c1-11(2)9-14(5-3-4-6-14)13(17)12-10-15-7-8-16-12/h7-8,10-11H,3-6,9H2,1-2H3. The Morgan fingerprint density at radius 3 is 2.59 bits per heavy atom. The predicted molar refractivity (Wildman–Crippen MR) is 66.7 cm³/mol. The SMILES string of the molecule is CC(C)CC1(C(=O)c2cnccn2)CCCC1. The molecule has 0 bridgehead atoms. The molecule has 0 radical (unpaired) electrons. The van der Waals surface area contributed by atoms with Crippen LogP contribution < -0.4 is 0 Å². The second-order valence-electron chi connectivity index (χ2n) is 5.51. The van der Waals surface area contributed by atoms with Crippen LogP contribution in [0.15, 0.2) is 18.6 Å². The zero-order valence-electron chi connectivity index (χ0n) is 10.6. The lowest BCUT2D eigenvalue weighted by molar-refractivity contribution is 0.0753. The average Bonchev–Trinajstić information content (AvgIpc) is 2.78. The number of Topliss-reactive ketones (excluding diaryl/α,β-unsaturated/α-hetero) is 1. The molecule has 1 aliphatic rings. The van der Waals surface area contributed by atoms with E-state index in [0.717, 1.165) is 19.3 Å². The van der Waals surface area contributed by atoms with Gasteiger partial charge in [0.1, 0.15) is 5.69 Å². The van der Waals surface area contributed by atoms with Crippen molar-refractivity contribution in [1.29, 1.82) is 0 Å². The molecule has 1 aromatic heterocycles. The molecule has 17 heavy (non-hydrogen) atoms. The largest absolute Gasteiger partial charge is 0.292 e. The summed E-state index contributed by atoms with van der Waals surface area (Å²) in [6, 6.07) is 0. The van der Waals surface area contributed by atoms with Gasteiger partial charge in [0.05, 0.1) is 6.20 Å². The summed E-state index contributed by atoms with van der Waals surface area (Å²) in [4.78, 5) is 20.8. The molecule has 0 amide bonds. The highest BCUT2D eigenvalue weighted by atomic mass is 16.1. The third kappa shape index (κ3) is 2.54. The van der Waals surface area contributed by atoms with Gasteiger partial charge >= 0.3 is 0 Å². The number of ketones is 1. The average molecular weight is 232 g/mol. The van der Waals surface area contributed by atoms with E-state index in [1.807, 2.05) is 0 Å². The van der Waals surface area contributed by atoms with Gasteiger partial charge in [-0.3, -0.25) is 9.78 Å². The number of hydrogen-bond donors (Lipinski definition) is 0. The van der Waals surface area contributed by atoms with Crippen molar-refractivity contribution in [2.75, 3.05) is 0 Å². The molecule has 3 heteroatoms. The minimum absolute atomic E-state index is 0.162. The minimum atomic E-state index is -0.162.